The third-order valence-corrected chi connectivity index (χ3v) is 8.58. The molecule has 2 heterocycles. The summed E-state index contributed by atoms with van der Waals surface area (Å²) >= 11 is 0. The normalized spacial score (nSPS) is 13.3. The van der Waals surface area contributed by atoms with Gasteiger partial charge in [0.15, 0.2) is 17.5 Å². The summed E-state index contributed by atoms with van der Waals surface area (Å²) in [5.41, 5.74) is 6.52. The average Bonchev–Trinajstić information content (AvgIpc) is 3.61. The Bertz CT molecular complexity index is 2950. The van der Waals surface area contributed by atoms with Crippen LogP contribution in [0.15, 0.2) is 182 Å². The van der Waals surface area contributed by atoms with Crippen molar-refractivity contribution in [2.45, 2.75) is 0 Å². The quantitative estimate of drug-likeness (QED) is 0.183. The van der Waals surface area contributed by atoms with Crippen LogP contribution in [0.3, 0.4) is 0 Å². The second-order valence-corrected chi connectivity index (χ2v) is 11.6. The van der Waals surface area contributed by atoms with Crippen molar-refractivity contribution in [1.29, 1.82) is 0 Å². The van der Waals surface area contributed by atoms with E-state index in [1.807, 2.05) is 127 Å². The molecule has 0 spiro atoms. The molecule has 2 aromatic heterocycles. The van der Waals surface area contributed by atoms with Gasteiger partial charge in [0.1, 0.15) is 0 Å². The van der Waals surface area contributed by atoms with Crippen LogP contribution in [0.4, 0.5) is 0 Å². The lowest BCUT2D eigenvalue weighted by atomic mass is 10.0. The van der Waals surface area contributed by atoms with Crippen LogP contribution in [-0.4, -0.2) is 19.5 Å². The summed E-state index contributed by atoms with van der Waals surface area (Å²) in [6.45, 7) is 0. The van der Waals surface area contributed by atoms with Gasteiger partial charge < -0.3 is 4.57 Å². The molecule has 0 aliphatic carbocycles. The number of fused-ring (bicyclic) bond motifs is 3. The summed E-state index contributed by atoms with van der Waals surface area (Å²) in [6, 6.07) is 42.1. The highest BCUT2D eigenvalue weighted by Gasteiger charge is 2.17. The molecule has 0 atom stereocenters. The van der Waals surface area contributed by atoms with Crippen LogP contribution in [0.1, 0.15) is 9.60 Å². The van der Waals surface area contributed by atoms with Crippen molar-refractivity contribution < 1.29 is 9.60 Å². The van der Waals surface area contributed by atoms with Crippen molar-refractivity contribution in [3.8, 4) is 62.1 Å². The summed E-state index contributed by atoms with van der Waals surface area (Å²) in [4.78, 5) is 14.7. The van der Waals surface area contributed by atoms with Gasteiger partial charge in [0.2, 0.25) is 0 Å². The van der Waals surface area contributed by atoms with E-state index in [9.17, 15) is 1.37 Å². The van der Waals surface area contributed by atoms with E-state index < -0.39 is 12.1 Å². The Morgan fingerprint density at radius 3 is 1.45 bits per heavy atom. The molecule has 0 amide bonds. The molecule has 7 aromatic carbocycles. The minimum atomic E-state index is -0.430. The summed E-state index contributed by atoms with van der Waals surface area (Å²) < 4.78 is 63.6. The zero-order chi connectivity index (χ0) is 38.7. The van der Waals surface area contributed by atoms with E-state index in [1.165, 1.54) is 0 Å². The first-order valence-electron chi connectivity index (χ1n) is 19.4. The predicted octanol–water partition coefficient (Wildman–Crippen LogP) is 11.3. The minimum Gasteiger partial charge on any atom is -0.309 e. The molecule has 49 heavy (non-hydrogen) atoms. The van der Waals surface area contributed by atoms with Gasteiger partial charge in [0.25, 0.3) is 0 Å². The number of nitrogens with zero attached hydrogens (tertiary/aromatic N) is 4. The second-order valence-electron chi connectivity index (χ2n) is 11.6. The van der Waals surface area contributed by atoms with Gasteiger partial charge in [-0.15, -0.1) is 0 Å². The second kappa shape index (κ2) is 12.2. The first kappa shape index (κ1) is 22.0. The maximum Gasteiger partial charge on any atom is 0.164 e. The van der Waals surface area contributed by atoms with Crippen molar-refractivity contribution in [2.75, 3.05) is 0 Å². The van der Waals surface area contributed by atoms with E-state index in [0.29, 0.717) is 45.4 Å². The summed E-state index contributed by atoms with van der Waals surface area (Å²) in [5, 5.41) is 0.318. The Morgan fingerprint density at radius 1 is 0.388 bits per heavy atom. The van der Waals surface area contributed by atoms with Crippen molar-refractivity contribution in [3.05, 3.63) is 182 Å². The lowest BCUT2D eigenvalue weighted by Gasteiger charge is -2.12. The van der Waals surface area contributed by atoms with Gasteiger partial charge >= 0.3 is 0 Å². The van der Waals surface area contributed by atoms with Crippen LogP contribution in [0.25, 0.3) is 83.9 Å². The number of aromatic nitrogens is 4. The molecule has 0 radical (unpaired) electrons. The first-order chi connectivity index (χ1) is 27.2. The molecule has 0 saturated heterocycles. The van der Waals surface area contributed by atoms with Gasteiger partial charge in [0, 0.05) is 38.7 Å². The molecule has 9 rings (SSSR count). The topological polar surface area (TPSA) is 43.6 Å². The van der Waals surface area contributed by atoms with Gasteiger partial charge in [-0.1, -0.05) is 164 Å². The number of para-hydroxylation sites is 3. The Morgan fingerprint density at radius 2 is 0.837 bits per heavy atom. The third-order valence-electron chi connectivity index (χ3n) is 8.58. The van der Waals surface area contributed by atoms with E-state index in [0.717, 1.165) is 22.3 Å². The van der Waals surface area contributed by atoms with E-state index in [1.54, 1.807) is 4.57 Å². The smallest absolute Gasteiger partial charge is 0.164 e. The zero-order valence-corrected chi connectivity index (χ0v) is 26.1. The highest BCUT2D eigenvalue weighted by molar-refractivity contribution is 6.13. The molecule has 0 aliphatic heterocycles. The zero-order valence-electron chi connectivity index (χ0n) is 33.1. The van der Waals surface area contributed by atoms with Crippen LogP contribution in [-0.2, 0) is 0 Å². The van der Waals surface area contributed by atoms with Gasteiger partial charge in [0.05, 0.1) is 20.6 Å². The van der Waals surface area contributed by atoms with E-state index in [2.05, 4.69) is 12.1 Å². The van der Waals surface area contributed by atoms with Crippen molar-refractivity contribution in [1.82, 2.24) is 19.5 Å². The molecule has 4 heteroatoms. The summed E-state index contributed by atoms with van der Waals surface area (Å²) in [6.07, 6.45) is 0. The van der Waals surface area contributed by atoms with Gasteiger partial charge in [-0.2, -0.15) is 0 Å². The van der Waals surface area contributed by atoms with Crippen LogP contribution in [0.5, 0.6) is 0 Å². The van der Waals surface area contributed by atoms with Crippen LogP contribution in [0.2, 0.25) is 0 Å². The Kier molecular flexibility index (Phi) is 5.47. The molecule has 0 bridgehead atoms. The number of rotatable bonds is 6. The molecule has 0 saturated carbocycles. The average molecular weight is 634 g/mol. The molecule has 0 unspecified atom stereocenters. The number of hydrogen-bond donors (Lipinski definition) is 0. The molecular weight excluding hydrogens is 597 g/mol. The van der Waals surface area contributed by atoms with Crippen LogP contribution < -0.4 is 0 Å². The molecule has 4 nitrogen and oxygen atoms in total. The van der Waals surface area contributed by atoms with E-state index >= 15 is 0 Å². The lowest BCUT2D eigenvalue weighted by molar-refractivity contribution is 1.07. The third kappa shape index (κ3) is 5.26. The minimum absolute atomic E-state index is 0.134. The standard InChI is InChI=1S/C45H30N4/c1-4-13-31(14-5-1)32-23-27-35(28-24-32)44-46-43(34-15-6-2-7-16-34)47-45(48-44)36-29-25-33(26-30-36)38-20-12-21-40-39-19-10-11-22-41(39)49(42(38)40)37-17-8-3-9-18-37/h1-30H/i10D,11D,12D,19D,20D,21D,22D. The van der Waals surface area contributed by atoms with Gasteiger partial charge in [-0.25, -0.2) is 15.0 Å². The first-order valence-corrected chi connectivity index (χ1v) is 15.9. The SMILES string of the molecule is [2H]c1c([2H])c([2H])c2c(c1[2H])c1c([2H])c([2H])c([2H])c(-c3ccc(-c4nc(-c5ccccc5)nc(-c5ccc(-c6ccccc6)cc5)n4)cc3)c1n2-c1ccccc1. The fourth-order valence-corrected chi connectivity index (χ4v) is 6.19. The Balaban J connectivity index is 1.23. The fourth-order valence-electron chi connectivity index (χ4n) is 6.19. The Hall–Kier alpha value is -6.65. The summed E-state index contributed by atoms with van der Waals surface area (Å²) in [5.74, 6) is 1.45. The molecular formula is C45H30N4. The molecule has 0 fully saturated rings. The maximum absolute atomic E-state index is 9.19. The van der Waals surface area contributed by atoms with E-state index in [4.69, 9.17) is 23.2 Å². The Labute approximate surface area is 294 Å². The monoisotopic (exact) mass is 633 g/mol. The van der Waals surface area contributed by atoms with Crippen molar-refractivity contribution in [2.24, 2.45) is 0 Å². The van der Waals surface area contributed by atoms with Crippen LogP contribution >= 0.6 is 0 Å². The van der Waals surface area contributed by atoms with Crippen molar-refractivity contribution in [3.63, 3.8) is 0 Å². The highest BCUT2D eigenvalue weighted by atomic mass is 15.0. The van der Waals surface area contributed by atoms with Crippen molar-refractivity contribution >= 4 is 21.8 Å². The molecule has 0 aliphatic rings. The lowest BCUT2D eigenvalue weighted by Crippen LogP contribution is -2.00. The van der Waals surface area contributed by atoms with Gasteiger partial charge in [-0.3, -0.25) is 0 Å². The maximum atomic E-state index is 9.19. The van der Waals surface area contributed by atoms with Crippen LogP contribution in [0, 0.1) is 0 Å². The molecule has 230 valence electrons. The van der Waals surface area contributed by atoms with Gasteiger partial charge in [-0.05, 0) is 34.9 Å². The fraction of sp³-hybridized carbons (Fsp3) is 0. The van der Waals surface area contributed by atoms with E-state index in [-0.39, 0.29) is 46.5 Å². The largest absolute Gasteiger partial charge is 0.309 e. The number of hydrogen-bond acceptors (Lipinski definition) is 3. The summed E-state index contributed by atoms with van der Waals surface area (Å²) in [7, 11) is 0. The number of benzene rings is 7. The predicted molar refractivity (Wildman–Crippen MR) is 201 cm³/mol. The molecule has 0 N–H and O–H groups in total. The highest BCUT2D eigenvalue weighted by Crippen LogP contribution is 2.38. The molecule has 9 aromatic rings.